The van der Waals surface area contributed by atoms with Gasteiger partial charge in [-0.1, -0.05) is 17.7 Å². The average molecular weight is 555 g/mol. The third kappa shape index (κ3) is 8.21. The molecule has 1 aromatic carbocycles. The number of hydrogen-bond acceptors (Lipinski definition) is 6. The van der Waals surface area contributed by atoms with E-state index in [1.807, 2.05) is 0 Å². The number of amides is 2. The first-order valence-corrected chi connectivity index (χ1v) is 12.3. The van der Waals surface area contributed by atoms with Crippen LogP contribution in [-0.2, 0) is 17.5 Å². The number of hydrogen-bond donors (Lipinski definition) is 4. The SMILES string of the molecule is C/C(N)=N/N(N)Cc1cc(Cl)ccc1/C=C/C(=O)N1CCC(CCNC(=O)c2c[nH]nc2C(F)(F)F)CC1. The molecule has 0 aliphatic carbocycles. The first-order valence-electron chi connectivity index (χ1n) is 11.9. The van der Waals surface area contributed by atoms with E-state index in [1.54, 1.807) is 36.1 Å². The van der Waals surface area contributed by atoms with E-state index in [9.17, 15) is 22.8 Å². The fraction of sp³-hybridized carbons (Fsp3) is 0.417. The highest BCUT2D eigenvalue weighted by Gasteiger charge is 2.38. The highest BCUT2D eigenvalue weighted by atomic mass is 35.5. The molecular weight excluding hydrogens is 525 g/mol. The van der Waals surface area contributed by atoms with Crippen LogP contribution in [0.2, 0.25) is 5.02 Å². The highest BCUT2D eigenvalue weighted by molar-refractivity contribution is 6.30. The molecule has 0 bridgehead atoms. The number of rotatable bonds is 9. The van der Waals surface area contributed by atoms with Crippen LogP contribution >= 0.6 is 11.6 Å². The molecule has 1 fully saturated rings. The van der Waals surface area contributed by atoms with Gasteiger partial charge in [-0.25, -0.2) is 11.0 Å². The van der Waals surface area contributed by atoms with E-state index in [1.165, 1.54) is 11.2 Å². The lowest BCUT2D eigenvalue weighted by atomic mass is 9.93. The lowest BCUT2D eigenvalue weighted by molar-refractivity contribution is -0.141. The van der Waals surface area contributed by atoms with Crippen molar-refractivity contribution in [2.24, 2.45) is 22.6 Å². The van der Waals surface area contributed by atoms with Crippen LogP contribution in [0, 0.1) is 5.92 Å². The Morgan fingerprint density at radius 1 is 1.34 bits per heavy atom. The average Bonchev–Trinajstić information content (AvgIpc) is 3.34. The fourth-order valence-electron chi connectivity index (χ4n) is 4.16. The molecule has 2 amide bonds. The van der Waals surface area contributed by atoms with Crippen molar-refractivity contribution in [3.8, 4) is 0 Å². The Morgan fingerprint density at radius 2 is 2.05 bits per heavy atom. The summed E-state index contributed by atoms with van der Waals surface area (Å²) in [7, 11) is 0. The number of aromatic nitrogens is 2. The van der Waals surface area contributed by atoms with Gasteiger partial charge in [0.2, 0.25) is 5.91 Å². The maximum absolute atomic E-state index is 12.9. The summed E-state index contributed by atoms with van der Waals surface area (Å²) >= 11 is 6.12. The largest absolute Gasteiger partial charge is 0.435 e. The highest BCUT2D eigenvalue weighted by Crippen LogP contribution is 2.30. The van der Waals surface area contributed by atoms with Gasteiger partial charge < -0.3 is 16.0 Å². The van der Waals surface area contributed by atoms with Gasteiger partial charge in [-0.05, 0) is 61.4 Å². The molecule has 1 aliphatic heterocycles. The standard InChI is InChI=1S/C24H30ClF3N8O2/c1-15(29)34-36(30)14-18-12-19(25)4-2-17(18)3-5-21(37)35-10-7-16(8-11-35)6-9-31-23(38)20-13-32-33-22(20)24(26,27)28/h2-5,12-13,16H,6-11,14,30H2,1H3,(H2,29,34)(H,31,38)(H,32,33)/b5-3+. The van der Waals surface area contributed by atoms with Crippen LogP contribution in [0.15, 0.2) is 35.6 Å². The summed E-state index contributed by atoms with van der Waals surface area (Å²) in [5.74, 6) is 5.44. The number of hydrazine groups is 1. The van der Waals surface area contributed by atoms with E-state index in [2.05, 4.69) is 20.6 Å². The molecule has 0 radical (unpaired) electrons. The van der Waals surface area contributed by atoms with Crippen LogP contribution in [-0.4, -0.2) is 57.5 Å². The number of halogens is 4. The number of nitrogens with two attached hydrogens (primary N) is 2. The van der Waals surface area contributed by atoms with E-state index in [0.717, 1.165) is 30.2 Å². The Balaban J connectivity index is 1.48. The van der Waals surface area contributed by atoms with Gasteiger partial charge in [0.25, 0.3) is 5.91 Å². The number of carbonyl (C=O) groups is 2. The Labute approximate surface area is 222 Å². The Morgan fingerprint density at radius 3 is 2.71 bits per heavy atom. The maximum atomic E-state index is 12.9. The molecule has 6 N–H and O–H groups in total. The van der Waals surface area contributed by atoms with Gasteiger partial charge in [0.05, 0.1) is 12.1 Å². The van der Waals surface area contributed by atoms with E-state index in [0.29, 0.717) is 30.4 Å². The number of nitrogens with zero attached hydrogens (tertiary/aromatic N) is 4. The molecule has 3 rings (SSSR count). The van der Waals surface area contributed by atoms with Crippen LogP contribution in [0.5, 0.6) is 0 Å². The lowest BCUT2D eigenvalue weighted by Crippen LogP contribution is -2.38. The summed E-state index contributed by atoms with van der Waals surface area (Å²) in [6, 6.07) is 5.25. The van der Waals surface area contributed by atoms with Crippen molar-refractivity contribution in [2.45, 2.75) is 38.9 Å². The molecule has 1 aliphatic rings. The van der Waals surface area contributed by atoms with Gasteiger partial charge in [0.15, 0.2) is 5.69 Å². The van der Waals surface area contributed by atoms with Gasteiger partial charge in [-0.15, -0.1) is 5.10 Å². The summed E-state index contributed by atoms with van der Waals surface area (Å²) in [5.41, 5.74) is 5.33. The number of hydrazone groups is 1. The number of nitrogens with one attached hydrogen (secondary N) is 2. The molecule has 2 aromatic rings. The number of alkyl halides is 3. The van der Waals surface area contributed by atoms with Crippen molar-refractivity contribution in [2.75, 3.05) is 19.6 Å². The number of carbonyl (C=O) groups excluding carboxylic acids is 2. The zero-order valence-corrected chi connectivity index (χ0v) is 21.5. The van der Waals surface area contributed by atoms with E-state index in [4.69, 9.17) is 23.2 Å². The van der Waals surface area contributed by atoms with Crippen molar-refractivity contribution in [1.82, 2.24) is 25.5 Å². The minimum Gasteiger partial charge on any atom is -0.386 e. The van der Waals surface area contributed by atoms with E-state index < -0.39 is 23.3 Å². The number of piperidine rings is 1. The number of benzene rings is 1. The smallest absolute Gasteiger partial charge is 0.386 e. The topological polar surface area (TPSA) is 146 Å². The van der Waals surface area contributed by atoms with Crippen LogP contribution in [0.25, 0.3) is 6.08 Å². The molecule has 0 saturated carbocycles. The molecule has 206 valence electrons. The monoisotopic (exact) mass is 554 g/mol. The minimum atomic E-state index is -4.71. The number of H-pyrrole nitrogens is 1. The fourth-order valence-corrected chi connectivity index (χ4v) is 4.35. The number of amidine groups is 1. The minimum absolute atomic E-state index is 0.141. The van der Waals surface area contributed by atoms with Gasteiger partial charge >= 0.3 is 6.18 Å². The molecule has 38 heavy (non-hydrogen) atoms. The molecule has 2 heterocycles. The number of aromatic amines is 1. The Hall–Kier alpha value is -3.58. The van der Waals surface area contributed by atoms with Gasteiger partial charge in [-0.2, -0.15) is 18.3 Å². The predicted molar refractivity (Wildman–Crippen MR) is 137 cm³/mol. The zero-order valence-electron chi connectivity index (χ0n) is 20.8. The van der Waals surface area contributed by atoms with Crippen LogP contribution in [0.1, 0.15) is 53.4 Å². The van der Waals surface area contributed by atoms with Crippen molar-refractivity contribution < 1.29 is 22.8 Å². The Bertz CT molecular complexity index is 1190. The lowest BCUT2D eigenvalue weighted by Gasteiger charge is -2.31. The zero-order chi connectivity index (χ0) is 27.9. The van der Waals surface area contributed by atoms with Crippen molar-refractivity contribution in [3.05, 3.63) is 57.9 Å². The molecule has 0 spiro atoms. The van der Waals surface area contributed by atoms with Crippen molar-refractivity contribution in [1.29, 1.82) is 0 Å². The summed E-state index contributed by atoms with van der Waals surface area (Å²) in [5, 5.41) is 13.4. The maximum Gasteiger partial charge on any atom is 0.435 e. The summed E-state index contributed by atoms with van der Waals surface area (Å²) < 4.78 is 38.7. The molecule has 0 atom stereocenters. The molecule has 10 nitrogen and oxygen atoms in total. The summed E-state index contributed by atoms with van der Waals surface area (Å²) in [6.45, 7) is 3.16. The Kier molecular flexibility index (Phi) is 9.75. The first kappa shape index (κ1) is 29.0. The second kappa shape index (κ2) is 12.8. The van der Waals surface area contributed by atoms with E-state index >= 15 is 0 Å². The van der Waals surface area contributed by atoms with Crippen molar-refractivity contribution >= 4 is 35.3 Å². The first-order chi connectivity index (χ1) is 17.9. The van der Waals surface area contributed by atoms with Crippen LogP contribution in [0.3, 0.4) is 0 Å². The molecule has 1 saturated heterocycles. The normalized spacial score (nSPS) is 15.2. The van der Waals surface area contributed by atoms with Crippen molar-refractivity contribution in [3.63, 3.8) is 0 Å². The third-order valence-corrected chi connectivity index (χ3v) is 6.28. The van der Waals surface area contributed by atoms with Crippen LogP contribution < -0.4 is 16.9 Å². The van der Waals surface area contributed by atoms with Gasteiger partial charge in [0.1, 0.15) is 5.84 Å². The summed E-state index contributed by atoms with van der Waals surface area (Å²) in [6.07, 6.45) is 1.46. The quantitative estimate of drug-likeness (QED) is 0.123. The predicted octanol–water partition coefficient (Wildman–Crippen LogP) is 3.12. The molecular formula is C24H30ClF3N8O2. The third-order valence-electron chi connectivity index (χ3n) is 6.05. The van der Waals surface area contributed by atoms with Crippen LogP contribution in [0.4, 0.5) is 13.2 Å². The molecule has 1 aromatic heterocycles. The molecule has 0 unspecified atom stereocenters. The molecule has 14 heteroatoms. The van der Waals surface area contributed by atoms with E-state index in [-0.39, 0.29) is 24.9 Å². The number of likely N-dealkylation sites (tertiary alicyclic amines) is 1. The van der Waals surface area contributed by atoms with Gasteiger partial charge in [-0.3, -0.25) is 14.7 Å². The second-order valence-corrected chi connectivity index (χ2v) is 9.41. The summed E-state index contributed by atoms with van der Waals surface area (Å²) in [4.78, 5) is 26.6. The van der Waals surface area contributed by atoms with Gasteiger partial charge in [0, 0.05) is 36.9 Å². The second-order valence-electron chi connectivity index (χ2n) is 8.97.